The highest BCUT2D eigenvalue weighted by Crippen LogP contribution is 2.40. The molecule has 1 aliphatic rings. The first-order valence-corrected chi connectivity index (χ1v) is 13.1. The molecule has 0 amide bonds. The van der Waals surface area contributed by atoms with Gasteiger partial charge in [0, 0.05) is 42.9 Å². The lowest BCUT2D eigenvalue weighted by molar-refractivity contribution is 0.169. The molecular weight excluding hydrogens is 478 g/mol. The Morgan fingerprint density at radius 3 is 2.39 bits per heavy atom. The summed E-state index contributed by atoms with van der Waals surface area (Å²) in [6.45, 7) is 2.64. The largest absolute Gasteiger partial charge is 0.493 e. The van der Waals surface area contributed by atoms with Crippen molar-refractivity contribution in [2.45, 2.75) is 25.3 Å². The monoisotopic (exact) mass is 515 g/mol. The van der Waals surface area contributed by atoms with E-state index in [-0.39, 0.29) is 6.04 Å². The average Bonchev–Trinajstić information content (AvgIpc) is 3.37. The zero-order valence-corrected chi connectivity index (χ0v) is 22.7. The van der Waals surface area contributed by atoms with Gasteiger partial charge in [0.25, 0.3) is 0 Å². The van der Waals surface area contributed by atoms with Crippen LogP contribution in [0.25, 0.3) is 10.9 Å². The van der Waals surface area contributed by atoms with Crippen molar-refractivity contribution in [3.05, 3.63) is 83.0 Å². The molecule has 4 aromatic rings. The van der Waals surface area contributed by atoms with Crippen molar-refractivity contribution in [2.24, 2.45) is 0 Å². The van der Waals surface area contributed by atoms with E-state index in [1.807, 2.05) is 6.07 Å². The minimum absolute atomic E-state index is 0.214. The third-order valence-electron chi connectivity index (χ3n) is 7.55. The van der Waals surface area contributed by atoms with Crippen molar-refractivity contribution in [2.75, 3.05) is 48.2 Å². The molecule has 5 rings (SSSR count). The van der Waals surface area contributed by atoms with Gasteiger partial charge in [-0.15, -0.1) is 0 Å². The number of methoxy groups -OCH3 is 4. The highest BCUT2D eigenvalue weighted by molar-refractivity contribution is 5.83. The fourth-order valence-electron chi connectivity index (χ4n) is 5.51. The Labute approximate surface area is 224 Å². The van der Waals surface area contributed by atoms with Crippen molar-refractivity contribution >= 4 is 10.9 Å². The molecule has 1 aromatic heterocycles. The Balaban J connectivity index is 1.35. The normalized spacial score (nSPS) is 15.3. The van der Waals surface area contributed by atoms with Crippen LogP contribution in [0.2, 0.25) is 0 Å². The molecule has 0 saturated carbocycles. The molecule has 0 unspecified atom stereocenters. The van der Waals surface area contributed by atoms with Crippen LogP contribution in [-0.4, -0.2) is 58.1 Å². The van der Waals surface area contributed by atoms with Gasteiger partial charge in [0.15, 0.2) is 23.0 Å². The predicted octanol–water partition coefficient (Wildman–Crippen LogP) is 5.13. The molecule has 0 spiro atoms. The summed E-state index contributed by atoms with van der Waals surface area (Å²) in [7, 11) is 6.74. The molecule has 2 N–H and O–H groups in total. The Kier molecular flexibility index (Phi) is 8.05. The van der Waals surface area contributed by atoms with Crippen LogP contribution in [-0.2, 0) is 19.3 Å². The third kappa shape index (κ3) is 5.30. The van der Waals surface area contributed by atoms with Crippen molar-refractivity contribution in [3.63, 3.8) is 0 Å². The van der Waals surface area contributed by atoms with E-state index in [2.05, 4.69) is 69.9 Å². The van der Waals surface area contributed by atoms with Gasteiger partial charge in [-0.05, 0) is 71.8 Å². The highest BCUT2D eigenvalue weighted by atomic mass is 16.5. The first-order valence-electron chi connectivity index (χ1n) is 13.1. The maximum atomic E-state index is 5.69. The first kappa shape index (κ1) is 25.9. The van der Waals surface area contributed by atoms with Gasteiger partial charge in [0.2, 0.25) is 0 Å². The molecule has 3 aromatic carbocycles. The standard InChI is InChI=1S/C31H37N3O4/c1-35-28-10-9-21(15-29(28)36-2)11-13-32-20-34-14-12-22-17-30(37-3)31(38-4)18-25(22)27(34)16-23-19-33-26-8-6-5-7-24(23)26/h5-10,15,17-19,27,32-33H,11-14,16,20H2,1-4H3/t27-/m0/s1. The summed E-state index contributed by atoms with van der Waals surface area (Å²) in [5.41, 5.74) is 6.34. The Bertz CT molecular complexity index is 1380. The lowest BCUT2D eigenvalue weighted by atomic mass is 9.88. The number of rotatable bonds is 11. The molecule has 0 saturated heterocycles. The average molecular weight is 516 g/mol. The summed E-state index contributed by atoms with van der Waals surface area (Å²) < 4.78 is 22.1. The zero-order valence-electron chi connectivity index (χ0n) is 22.7. The van der Waals surface area contributed by atoms with Crippen LogP contribution < -0.4 is 24.3 Å². The smallest absolute Gasteiger partial charge is 0.161 e. The van der Waals surface area contributed by atoms with E-state index in [1.54, 1.807) is 28.4 Å². The number of aromatic amines is 1. The molecule has 2 heterocycles. The minimum atomic E-state index is 0.214. The summed E-state index contributed by atoms with van der Waals surface area (Å²) in [6, 6.07) is 19.2. The lowest BCUT2D eigenvalue weighted by Crippen LogP contribution is -2.42. The first-order chi connectivity index (χ1) is 18.6. The maximum absolute atomic E-state index is 5.69. The molecular formula is C31H37N3O4. The van der Waals surface area contributed by atoms with E-state index in [0.29, 0.717) is 0 Å². The molecule has 7 heteroatoms. The molecule has 200 valence electrons. The van der Waals surface area contributed by atoms with E-state index < -0.39 is 0 Å². The second kappa shape index (κ2) is 11.8. The fourth-order valence-corrected chi connectivity index (χ4v) is 5.51. The molecule has 0 fully saturated rings. The lowest BCUT2D eigenvalue weighted by Gasteiger charge is -2.38. The van der Waals surface area contributed by atoms with Gasteiger partial charge >= 0.3 is 0 Å². The summed E-state index contributed by atoms with van der Waals surface area (Å²) >= 11 is 0. The van der Waals surface area contributed by atoms with E-state index in [0.717, 1.165) is 62.0 Å². The van der Waals surface area contributed by atoms with Crippen LogP contribution in [0.1, 0.15) is 28.3 Å². The topological polar surface area (TPSA) is 68.0 Å². The molecule has 1 atom stereocenters. The number of hydrogen-bond acceptors (Lipinski definition) is 6. The number of ether oxygens (including phenoxy) is 4. The van der Waals surface area contributed by atoms with Gasteiger partial charge in [-0.25, -0.2) is 0 Å². The summed E-state index contributed by atoms with van der Waals surface area (Å²) in [5.74, 6) is 3.08. The van der Waals surface area contributed by atoms with Crippen molar-refractivity contribution in [1.82, 2.24) is 15.2 Å². The molecule has 38 heavy (non-hydrogen) atoms. The second-order valence-corrected chi connectivity index (χ2v) is 9.65. The Morgan fingerprint density at radius 1 is 0.868 bits per heavy atom. The van der Waals surface area contributed by atoms with E-state index in [1.165, 1.54) is 33.2 Å². The van der Waals surface area contributed by atoms with E-state index in [4.69, 9.17) is 18.9 Å². The SMILES string of the molecule is COc1ccc(CCNCN2CCc3cc(OC)c(OC)cc3[C@@H]2Cc2c[nH]c3ccccc23)cc1OC. The van der Waals surface area contributed by atoms with Crippen molar-refractivity contribution in [3.8, 4) is 23.0 Å². The maximum Gasteiger partial charge on any atom is 0.161 e. The van der Waals surface area contributed by atoms with Gasteiger partial charge < -0.3 is 29.2 Å². The number of hydrogen-bond donors (Lipinski definition) is 2. The Hall–Kier alpha value is -3.68. The molecule has 0 bridgehead atoms. The number of fused-ring (bicyclic) bond motifs is 2. The number of para-hydroxylation sites is 1. The predicted molar refractivity (Wildman–Crippen MR) is 151 cm³/mol. The van der Waals surface area contributed by atoms with Gasteiger partial charge in [-0.1, -0.05) is 24.3 Å². The summed E-state index contributed by atoms with van der Waals surface area (Å²) in [5, 5.41) is 4.97. The van der Waals surface area contributed by atoms with Crippen molar-refractivity contribution < 1.29 is 18.9 Å². The number of nitrogens with one attached hydrogen (secondary N) is 2. The molecule has 0 radical (unpaired) electrons. The Morgan fingerprint density at radius 2 is 1.61 bits per heavy atom. The molecule has 0 aliphatic carbocycles. The molecule has 1 aliphatic heterocycles. The minimum Gasteiger partial charge on any atom is -0.493 e. The number of nitrogens with zero attached hydrogens (tertiary/aromatic N) is 1. The number of aromatic nitrogens is 1. The van der Waals surface area contributed by atoms with Crippen LogP contribution in [0.15, 0.2) is 60.8 Å². The van der Waals surface area contributed by atoms with Crippen LogP contribution in [0, 0.1) is 0 Å². The van der Waals surface area contributed by atoms with E-state index in [9.17, 15) is 0 Å². The van der Waals surface area contributed by atoms with Gasteiger partial charge in [-0.3, -0.25) is 4.90 Å². The van der Waals surface area contributed by atoms with Gasteiger partial charge in [-0.2, -0.15) is 0 Å². The summed E-state index contributed by atoms with van der Waals surface area (Å²) in [6.07, 6.45) is 4.94. The van der Waals surface area contributed by atoms with Gasteiger partial charge in [0.1, 0.15) is 0 Å². The fraction of sp³-hybridized carbons (Fsp3) is 0.355. The third-order valence-corrected chi connectivity index (χ3v) is 7.55. The number of H-pyrrole nitrogens is 1. The van der Waals surface area contributed by atoms with E-state index >= 15 is 0 Å². The quantitative estimate of drug-likeness (QED) is 0.270. The van der Waals surface area contributed by atoms with Crippen LogP contribution in [0.5, 0.6) is 23.0 Å². The van der Waals surface area contributed by atoms with Crippen molar-refractivity contribution in [1.29, 1.82) is 0 Å². The highest BCUT2D eigenvalue weighted by Gasteiger charge is 2.29. The van der Waals surface area contributed by atoms with Crippen LogP contribution in [0.4, 0.5) is 0 Å². The number of benzene rings is 3. The molecule has 7 nitrogen and oxygen atoms in total. The second-order valence-electron chi connectivity index (χ2n) is 9.65. The summed E-state index contributed by atoms with van der Waals surface area (Å²) in [4.78, 5) is 5.99. The van der Waals surface area contributed by atoms with Crippen LogP contribution in [0.3, 0.4) is 0 Å². The zero-order chi connectivity index (χ0) is 26.5. The van der Waals surface area contributed by atoms with Crippen LogP contribution >= 0.6 is 0 Å². The van der Waals surface area contributed by atoms with Gasteiger partial charge in [0.05, 0.1) is 28.4 Å².